The van der Waals surface area contributed by atoms with Crippen LogP contribution in [0.2, 0.25) is 0 Å². The number of benzene rings is 1. The highest BCUT2D eigenvalue weighted by Crippen LogP contribution is 2.26. The molecule has 1 aliphatic carbocycles. The minimum Gasteiger partial charge on any atom is -0.327 e. The molecule has 2 N–H and O–H groups in total. The maximum absolute atomic E-state index is 5.96. The quantitative estimate of drug-likeness (QED) is 0.876. The lowest BCUT2D eigenvalue weighted by atomic mass is 10.1. The van der Waals surface area contributed by atoms with E-state index in [9.17, 15) is 0 Å². The minimum absolute atomic E-state index is 0.268. The zero-order valence-electron chi connectivity index (χ0n) is 9.36. The lowest BCUT2D eigenvalue weighted by Gasteiger charge is -2.04. The van der Waals surface area contributed by atoms with E-state index in [2.05, 4.69) is 39.1 Å². The Bertz CT molecular complexity index is 566. The number of nitrogens with zero attached hydrogens (tertiary/aromatic N) is 1. The Morgan fingerprint density at radius 1 is 1.18 bits per heavy atom. The second-order valence-electron chi connectivity index (χ2n) is 4.52. The summed E-state index contributed by atoms with van der Waals surface area (Å²) >= 11 is 3.48. The Balaban J connectivity index is 2.03. The van der Waals surface area contributed by atoms with Crippen molar-refractivity contribution in [2.24, 2.45) is 5.73 Å². The summed E-state index contributed by atoms with van der Waals surface area (Å²) in [5.41, 5.74) is 10.8. The van der Waals surface area contributed by atoms with E-state index in [0.717, 1.165) is 28.6 Å². The van der Waals surface area contributed by atoms with Crippen LogP contribution in [-0.2, 0) is 12.8 Å². The van der Waals surface area contributed by atoms with E-state index in [1.54, 1.807) is 0 Å². The van der Waals surface area contributed by atoms with E-state index in [1.807, 2.05) is 18.3 Å². The molecule has 3 rings (SSSR count). The van der Waals surface area contributed by atoms with Crippen molar-refractivity contribution in [1.29, 1.82) is 0 Å². The first-order chi connectivity index (χ1) is 8.22. The van der Waals surface area contributed by atoms with Crippen LogP contribution in [0.3, 0.4) is 0 Å². The molecule has 0 saturated carbocycles. The number of halogens is 1. The van der Waals surface area contributed by atoms with Crippen LogP contribution in [0.15, 0.2) is 41.0 Å². The van der Waals surface area contributed by atoms with Gasteiger partial charge in [-0.05, 0) is 42.2 Å². The average molecular weight is 289 g/mol. The van der Waals surface area contributed by atoms with Crippen molar-refractivity contribution < 1.29 is 0 Å². The molecular formula is C14H13BrN2. The molecule has 17 heavy (non-hydrogen) atoms. The smallest absolute Gasteiger partial charge is 0.0705 e. The van der Waals surface area contributed by atoms with E-state index >= 15 is 0 Å². The maximum Gasteiger partial charge on any atom is 0.0705 e. The fourth-order valence-corrected chi connectivity index (χ4v) is 2.74. The first-order valence-electron chi connectivity index (χ1n) is 5.72. The third kappa shape index (κ3) is 2.13. The van der Waals surface area contributed by atoms with Crippen molar-refractivity contribution in [3.63, 3.8) is 0 Å². The molecule has 2 nitrogen and oxygen atoms in total. The number of rotatable bonds is 1. The highest BCUT2D eigenvalue weighted by Gasteiger charge is 2.18. The van der Waals surface area contributed by atoms with E-state index in [0.29, 0.717) is 0 Å². The van der Waals surface area contributed by atoms with Gasteiger partial charge in [-0.1, -0.05) is 28.1 Å². The number of hydrogen-bond donors (Lipinski definition) is 1. The summed E-state index contributed by atoms with van der Waals surface area (Å²) in [5, 5.41) is 0. The number of pyridine rings is 1. The van der Waals surface area contributed by atoms with Gasteiger partial charge in [0.25, 0.3) is 0 Å². The Kier molecular flexibility index (Phi) is 2.73. The van der Waals surface area contributed by atoms with Crippen molar-refractivity contribution in [2.45, 2.75) is 18.9 Å². The third-order valence-corrected chi connectivity index (χ3v) is 3.66. The van der Waals surface area contributed by atoms with Gasteiger partial charge in [-0.15, -0.1) is 0 Å². The summed E-state index contributed by atoms with van der Waals surface area (Å²) < 4.78 is 1.08. The third-order valence-electron chi connectivity index (χ3n) is 3.17. The van der Waals surface area contributed by atoms with Gasteiger partial charge in [-0.25, -0.2) is 0 Å². The lowest BCUT2D eigenvalue weighted by molar-refractivity contribution is 0.721. The normalized spacial score (nSPS) is 18.1. The lowest BCUT2D eigenvalue weighted by Crippen LogP contribution is -2.18. The van der Waals surface area contributed by atoms with Gasteiger partial charge in [0.15, 0.2) is 0 Å². The fraction of sp³-hybridized carbons (Fsp3) is 0.214. The van der Waals surface area contributed by atoms with Crippen LogP contribution >= 0.6 is 15.9 Å². The Morgan fingerprint density at radius 3 is 2.82 bits per heavy atom. The molecule has 1 atom stereocenters. The Labute approximate surface area is 109 Å². The Morgan fingerprint density at radius 2 is 2.00 bits per heavy atom. The summed E-state index contributed by atoms with van der Waals surface area (Å²) in [7, 11) is 0. The molecular weight excluding hydrogens is 276 g/mol. The zero-order chi connectivity index (χ0) is 11.8. The van der Waals surface area contributed by atoms with Crippen molar-refractivity contribution in [3.8, 4) is 11.3 Å². The first-order valence-corrected chi connectivity index (χ1v) is 6.51. The van der Waals surface area contributed by atoms with Gasteiger partial charge in [0, 0.05) is 22.3 Å². The first kappa shape index (κ1) is 10.9. The zero-order valence-corrected chi connectivity index (χ0v) is 10.9. The van der Waals surface area contributed by atoms with E-state index in [4.69, 9.17) is 5.73 Å². The van der Waals surface area contributed by atoms with Crippen LogP contribution in [0.4, 0.5) is 0 Å². The predicted molar refractivity (Wildman–Crippen MR) is 72.8 cm³/mol. The van der Waals surface area contributed by atoms with Crippen molar-refractivity contribution in [3.05, 3.63) is 52.1 Å². The van der Waals surface area contributed by atoms with Crippen molar-refractivity contribution in [1.82, 2.24) is 4.98 Å². The van der Waals surface area contributed by atoms with Gasteiger partial charge < -0.3 is 5.73 Å². The molecule has 86 valence electrons. The number of aromatic nitrogens is 1. The SMILES string of the molecule is NC1Cc2cnc(-c3cccc(Br)c3)cc2C1. The molecule has 0 spiro atoms. The highest BCUT2D eigenvalue weighted by atomic mass is 79.9. The summed E-state index contributed by atoms with van der Waals surface area (Å²) in [5.74, 6) is 0. The second-order valence-corrected chi connectivity index (χ2v) is 5.43. The number of hydrogen-bond acceptors (Lipinski definition) is 2. The molecule has 3 heteroatoms. The molecule has 1 aromatic carbocycles. The largest absolute Gasteiger partial charge is 0.327 e. The fourth-order valence-electron chi connectivity index (χ4n) is 2.34. The molecule has 1 unspecified atom stereocenters. The Hall–Kier alpha value is -1.19. The molecule has 0 fully saturated rings. The highest BCUT2D eigenvalue weighted by molar-refractivity contribution is 9.10. The van der Waals surface area contributed by atoms with Gasteiger partial charge in [0.1, 0.15) is 0 Å². The van der Waals surface area contributed by atoms with E-state index in [1.165, 1.54) is 11.1 Å². The summed E-state index contributed by atoms with van der Waals surface area (Å²) in [6.07, 6.45) is 3.90. The molecule has 0 bridgehead atoms. The molecule has 1 aliphatic rings. The van der Waals surface area contributed by atoms with Gasteiger partial charge in [0.05, 0.1) is 5.69 Å². The van der Waals surface area contributed by atoms with Crippen LogP contribution in [0, 0.1) is 0 Å². The topological polar surface area (TPSA) is 38.9 Å². The predicted octanol–water partition coefficient (Wildman–Crippen LogP) is 2.94. The second kappa shape index (κ2) is 4.24. The molecule has 1 aromatic heterocycles. The summed E-state index contributed by atoms with van der Waals surface area (Å²) in [6.45, 7) is 0. The van der Waals surface area contributed by atoms with Crippen LogP contribution < -0.4 is 5.73 Å². The molecule has 0 amide bonds. The monoisotopic (exact) mass is 288 g/mol. The maximum atomic E-state index is 5.96. The van der Waals surface area contributed by atoms with Crippen molar-refractivity contribution in [2.75, 3.05) is 0 Å². The van der Waals surface area contributed by atoms with Gasteiger partial charge in [-0.2, -0.15) is 0 Å². The molecule has 0 aliphatic heterocycles. The molecule has 2 aromatic rings. The van der Waals surface area contributed by atoms with Crippen LogP contribution in [0.1, 0.15) is 11.1 Å². The molecule has 0 saturated heterocycles. The standard InChI is InChI=1S/C14H13BrN2/c15-12-3-1-2-9(4-12)14-7-10-5-13(16)6-11(10)8-17-14/h1-4,7-8,13H,5-6,16H2. The van der Waals surface area contributed by atoms with Crippen molar-refractivity contribution >= 4 is 15.9 Å². The molecule has 0 radical (unpaired) electrons. The van der Waals surface area contributed by atoms with Crippen LogP contribution in [-0.4, -0.2) is 11.0 Å². The number of fused-ring (bicyclic) bond motifs is 1. The van der Waals surface area contributed by atoms with Crippen LogP contribution in [0.25, 0.3) is 11.3 Å². The number of nitrogens with two attached hydrogens (primary N) is 1. The van der Waals surface area contributed by atoms with E-state index in [-0.39, 0.29) is 6.04 Å². The van der Waals surface area contributed by atoms with Gasteiger partial charge in [-0.3, -0.25) is 4.98 Å². The molecule has 1 heterocycles. The summed E-state index contributed by atoms with van der Waals surface area (Å²) in [6, 6.07) is 10.7. The van der Waals surface area contributed by atoms with Crippen LogP contribution in [0.5, 0.6) is 0 Å². The van der Waals surface area contributed by atoms with E-state index < -0.39 is 0 Å². The van der Waals surface area contributed by atoms with Gasteiger partial charge >= 0.3 is 0 Å². The average Bonchev–Trinajstić information content (AvgIpc) is 2.68. The minimum atomic E-state index is 0.268. The van der Waals surface area contributed by atoms with Gasteiger partial charge in [0.2, 0.25) is 0 Å². The summed E-state index contributed by atoms with van der Waals surface area (Å²) in [4.78, 5) is 4.52.